The maximum absolute atomic E-state index is 14.3. The van der Waals surface area contributed by atoms with Gasteiger partial charge in [-0.15, -0.1) is 0 Å². The standard InChI is InChI=1S/C21H21F4N5O5S/c1-33-16-8-14(9-17(34-2)18(16)35-3)28-20-26-10-15(22)19(29-20)27-12-4-6-13(7-5-12)30-36(31,32)11-21(23,24)25/h4-10,30H,11H2,1-3H3,(H2,26,27,28,29). The number of rotatable bonds is 10. The summed E-state index contributed by atoms with van der Waals surface area (Å²) in [5, 5.41) is 5.60. The van der Waals surface area contributed by atoms with Crippen LogP contribution in [-0.4, -0.2) is 51.6 Å². The van der Waals surface area contributed by atoms with E-state index in [0.29, 0.717) is 22.9 Å². The highest BCUT2D eigenvalue weighted by Gasteiger charge is 2.35. The van der Waals surface area contributed by atoms with Crippen LogP contribution in [0, 0.1) is 5.82 Å². The lowest BCUT2D eigenvalue weighted by atomic mass is 10.2. The Kier molecular flexibility index (Phi) is 7.92. The summed E-state index contributed by atoms with van der Waals surface area (Å²) in [6, 6.07) is 8.28. The van der Waals surface area contributed by atoms with Gasteiger partial charge in [0.15, 0.2) is 28.9 Å². The van der Waals surface area contributed by atoms with Crippen molar-refractivity contribution in [3.8, 4) is 17.2 Å². The summed E-state index contributed by atoms with van der Waals surface area (Å²) in [7, 11) is -0.277. The fraction of sp³-hybridized carbons (Fsp3) is 0.238. The van der Waals surface area contributed by atoms with E-state index in [1.165, 1.54) is 45.6 Å². The Labute approximate surface area is 203 Å². The van der Waals surface area contributed by atoms with Crippen molar-refractivity contribution < 1.29 is 40.2 Å². The van der Waals surface area contributed by atoms with Crippen LogP contribution in [0.5, 0.6) is 17.2 Å². The molecule has 3 rings (SSSR count). The van der Waals surface area contributed by atoms with Crippen LogP contribution in [-0.2, 0) is 10.0 Å². The number of hydrogen-bond donors (Lipinski definition) is 3. The monoisotopic (exact) mass is 531 g/mol. The molecule has 36 heavy (non-hydrogen) atoms. The lowest BCUT2D eigenvalue weighted by Gasteiger charge is -2.15. The Bertz CT molecular complexity index is 1300. The first-order valence-electron chi connectivity index (χ1n) is 9.97. The van der Waals surface area contributed by atoms with Crippen molar-refractivity contribution in [2.45, 2.75) is 6.18 Å². The molecule has 0 bridgehead atoms. The van der Waals surface area contributed by atoms with E-state index in [1.54, 1.807) is 12.1 Å². The van der Waals surface area contributed by atoms with Crippen molar-refractivity contribution in [1.82, 2.24) is 9.97 Å². The molecule has 0 radical (unpaired) electrons. The van der Waals surface area contributed by atoms with Crippen molar-refractivity contribution in [1.29, 1.82) is 0 Å². The number of alkyl halides is 3. The molecule has 0 fully saturated rings. The van der Waals surface area contributed by atoms with Gasteiger partial charge in [-0.25, -0.2) is 17.8 Å². The third-order valence-corrected chi connectivity index (χ3v) is 5.69. The number of sulfonamides is 1. The molecule has 0 saturated heterocycles. The Hall–Kier alpha value is -4.01. The van der Waals surface area contributed by atoms with Crippen LogP contribution in [0.15, 0.2) is 42.6 Å². The molecular formula is C21H21F4N5O5S. The fourth-order valence-electron chi connectivity index (χ4n) is 2.99. The highest BCUT2D eigenvalue weighted by molar-refractivity contribution is 7.92. The number of ether oxygens (including phenoxy) is 3. The van der Waals surface area contributed by atoms with Gasteiger partial charge in [0.05, 0.1) is 27.5 Å². The molecule has 3 N–H and O–H groups in total. The Balaban J connectivity index is 1.76. The van der Waals surface area contributed by atoms with E-state index < -0.39 is 27.8 Å². The van der Waals surface area contributed by atoms with Crippen LogP contribution in [0.2, 0.25) is 0 Å². The minimum absolute atomic E-state index is 0.0182. The Morgan fingerprint density at radius 1 is 0.889 bits per heavy atom. The van der Waals surface area contributed by atoms with Gasteiger partial charge in [0.25, 0.3) is 0 Å². The van der Waals surface area contributed by atoms with Crippen LogP contribution in [0.25, 0.3) is 0 Å². The first-order chi connectivity index (χ1) is 16.9. The van der Waals surface area contributed by atoms with E-state index in [9.17, 15) is 26.0 Å². The third-order valence-electron chi connectivity index (χ3n) is 4.44. The molecule has 10 nitrogen and oxygen atoms in total. The molecule has 0 atom stereocenters. The Morgan fingerprint density at radius 3 is 2.00 bits per heavy atom. The molecule has 1 heterocycles. The largest absolute Gasteiger partial charge is 0.493 e. The molecule has 0 saturated carbocycles. The zero-order valence-corrected chi connectivity index (χ0v) is 19.9. The predicted octanol–water partition coefficient (Wildman–Crippen LogP) is 4.43. The van der Waals surface area contributed by atoms with E-state index in [-0.39, 0.29) is 23.1 Å². The van der Waals surface area contributed by atoms with Gasteiger partial charge < -0.3 is 24.8 Å². The summed E-state index contributed by atoms with van der Waals surface area (Å²) in [4.78, 5) is 7.98. The minimum Gasteiger partial charge on any atom is -0.493 e. The van der Waals surface area contributed by atoms with Gasteiger partial charge in [-0.2, -0.15) is 18.2 Å². The lowest BCUT2D eigenvalue weighted by Crippen LogP contribution is -2.27. The van der Waals surface area contributed by atoms with Crippen LogP contribution >= 0.6 is 0 Å². The highest BCUT2D eigenvalue weighted by atomic mass is 32.2. The van der Waals surface area contributed by atoms with Crippen LogP contribution in [0.3, 0.4) is 0 Å². The number of hydrogen-bond acceptors (Lipinski definition) is 9. The van der Waals surface area contributed by atoms with Crippen LogP contribution in [0.4, 0.5) is 46.4 Å². The molecule has 194 valence electrons. The number of benzene rings is 2. The zero-order chi connectivity index (χ0) is 26.5. The van der Waals surface area contributed by atoms with Crippen molar-refractivity contribution in [2.75, 3.05) is 42.4 Å². The molecule has 15 heteroatoms. The maximum Gasteiger partial charge on any atom is 0.404 e. The number of halogens is 4. The van der Waals surface area contributed by atoms with Crippen molar-refractivity contribution in [3.63, 3.8) is 0 Å². The number of nitrogens with one attached hydrogen (secondary N) is 3. The number of nitrogens with zero attached hydrogens (tertiary/aromatic N) is 2. The quantitative estimate of drug-likeness (QED) is 0.326. The molecule has 0 unspecified atom stereocenters. The predicted molar refractivity (Wildman–Crippen MR) is 125 cm³/mol. The summed E-state index contributed by atoms with van der Waals surface area (Å²) in [6.07, 6.45) is -3.96. The van der Waals surface area contributed by atoms with Crippen molar-refractivity contribution in [3.05, 3.63) is 48.4 Å². The molecule has 0 amide bonds. The van der Waals surface area contributed by atoms with Gasteiger partial charge in [0.1, 0.15) is 0 Å². The minimum atomic E-state index is -4.88. The summed E-state index contributed by atoms with van der Waals surface area (Å²) in [5.74, 6) is -1.91. The number of anilines is 5. The number of aromatic nitrogens is 2. The smallest absolute Gasteiger partial charge is 0.404 e. The first kappa shape index (κ1) is 26.6. The summed E-state index contributed by atoms with van der Waals surface area (Å²) in [5.41, 5.74) is 0.639. The summed E-state index contributed by atoms with van der Waals surface area (Å²) in [6.45, 7) is 0. The molecule has 0 aliphatic heterocycles. The van der Waals surface area contributed by atoms with Crippen LogP contribution < -0.4 is 29.6 Å². The Morgan fingerprint density at radius 2 is 1.47 bits per heavy atom. The topological polar surface area (TPSA) is 124 Å². The van der Waals surface area contributed by atoms with Gasteiger partial charge in [0.2, 0.25) is 21.7 Å². The number of methoxy groups -OCH3 is 3. The molecule has 3 aromatic rings. The van der Waals surface area contributed by atoms with E-state index in [0.717, 1.165) is 6.20 Å². The average molecular weight is 531 g/mol. The van der Waals surface area contributed by atoms with Gasteiger partial charge in [-0.05, 0) is 24.3 Å². The molecule has 1 aromatic heterocycles. The van der Waals surface area contributed by atoms with Gasteiger partial charge in [-0.3, -0.25) is 4.72 Å². The summed E-state index contributed by atoms with van der Waals surface area (Å²) >= 11 is 0. The van der Waals surface area contributed by atoms with E-state index in [4.69, 9.17) is 14.2 Å². The van der Waals surface area contributed by atoms with Gasteiger partial charge in [0, 0.05) is 29.2 Å². The van der Waals surface area contributed by atoms with Crippen molar-refractivity contribution >= 4 is 38.9 Å². The zero-order valence-electron chi connectivity index (χ0n) is 19.1. The normalized spacial score (nSPS) is 11.5. The molecular weight excluding hydrogens is 510 g/mol. The second kappa shape index (κ2) is 10.7. The molecule has 2 aromatic carbocycles. The fourth-order valence-corrected chi connectivity index (χ4v) is 3.99. The second-order valence-electron chi connectivity index (χ2n) is 7.11. The first-order valence-corrected chi connectivity index (χ1v) is 11.6. The molecule has 0 aliphatic rings. The molecule has 0 spiro atoms. The average Bonchev–Trinajstić information content (AvgIpc) is 2.80. The van der Waals surface area contributed by atoms with Gasteiger partial charge >= 0.3 is 6.18 Å². The second-order valence-corrected chi connectivity index (χ2v) is 8.83. The highest BCUT2D eigenvalue weighted by Crippen LogP contribution is 2.40. The van der Waals surface area contributed by atoms with E-state index >= 15 is 0 Å². The van der Waals surface area contributed by atoms with E-state index in [1.807, 2.05) is 4.72 Å². The lowest BCUT2D eigenvalue weighted by molar-refractivity contribution is -0.106. The SMILES string of the molecule is COc1cc(Nc2ncc(F)c(Nc3ccc(NS(=O)(=O)CC(F)(F)F)cc3)n2)cc(OC)c1OC. The van der Waals surface area contributed by atoms with Gasteiger partial charge in [-0.1, -0.05) is 0 Å². The summed E-state index contributed by atoms with van der Waals surface area (Å²) < 4.78 is 92.3. The van der Waals surface area contributed by atoms with Crippen LogP contribution in [0.1, 0.15) is 0 Å². The van der Waals surface area contributed by atoms with E-state index in [2.05, 4.69) is 20.6 Å². The third kappa shape index (κ3) is 7.00. The maximum atomic E-state index is 14.3. The van der Waals surface area contributed by atoms with Crippen molar-refractivity contribution in [2.24, 2.45) is 0 Å². The molecule has 0 aliphatic carbocycles.